The van der Waals surface area contributed by atoms with Crippen LogP contribution in [0.4, 0.5) is 5.69 Å². The zero-order chi connectivity index (χ0) is 15.3. The van der Waals surface area contributed by atoms with E-state index in [-0.39, 0.29) is 17.1 Å². The monoisotopic (exact) mass is 280 g/mol. The molecule has 7 heteroatoms. The van der Waals surface area contributed by atoms with Crippen molar-refractivity contribution in [2.75, 3.05) is 28.3 Å². The maximum Gasteiger partial charge on any atom is 0.325 e. The minimum atomic E-state index is -0.655. The molecular formula is C13H16N2O5. The van der Waals surface area contributed by atoms with Crippen LogP contribution in [0.3, 0.4) is 0 Å². The van der Waals surface area contributed by atoms with Crippen LogP contribution < -0.4 is 9.47 Å². The van der Waals surface area contributed by atoms with Crippen LogP contribution in [0.2, 0.25) is 0 Å². The van der Waals surface area contributed by atoms with Gasteiger partial charge in [0.15, 0.2) is 11.5 Å². The topological polar surface area (TPSA) is 81.9 Å². The average molecular weight is 280 g/mol. The second-order valence-corrected chi connectivity index (χ2v) is 4.10. The van der Waals surface area contributed by atoms with Crippen molar-refractivity contribution in [1.29, 1.82) is 0 Å². The number of hydrogen-bond acceptors (Lipinski definition) is 6. The van der Waals surface area contributed by atoms with Crippen molar-refractivity contribution in [3.05, 3.63) is 40.1 Å². The molecule has 1 aromatic rings. The summed E-state index contributed by atoms with van der Waals surface area (Å²) < 4.78 is 9.98. The molecule has 108 valence electrons. The van der Waals surface area contributed by atoms with Crippen molar-refractivity contribution in [3.8, 4) is 11.5 Å². The number of carbonyl (C=O) groups excluding carboxylic acids is 1. The molecule has 0 saturated carbocycles. The normalized spacial score (nSPS) is 10.4. The maximum atomic E-state index is 12.0. The molecule has 0 saturated heterocycles. The Bertz CT molecular complexity index is 552. The van der Waals surface area contributed by atoms with Crippen LogP contribution in [0.25, 0.3) is 0 Å². The lowest BCUT2D eigenvalue weighted by Gasteiger charge is -2.10. The quantitative estimate of drug-likeness (QED) is 0.342. The van der Waals surface area contributed by atoms with E-state index in [0.29, 0.717) is 0 Å². The highest BCUT2D eigenvalue weighted by Gasteiger charge is 2.27. The Balaban J connectivity index is 3.40. The molecule has 0 N–H and O–H groups in total. The van der Waals surface area contributed by atoms with E-state index in [2.05, 4.69) is 0 Å². The summed E-state index contributed by atoms with van der Waals surface area (Å²) in [5, 5.41) is 11.2. The number of allylic oxidation sites excluding steroid dienone is 1. The fraction of sp³-hybridized carbons (Fsp3) is 0.308. The molecule has 0 heterocycles. The molecule has 1 aromatic carbocycles. The number of ether oxygens (including phenoxy) is 2. The number of nitrogens with zero attached hydrogens (tertiary/aromatic N) is 2. The second kappa shape index (κ2) is 6.55. The van der Waals surface area contributed by atoms with Gasteiger partial charge in [-0.2, -0.15) is 0 Å². The van der Waals surface area contributed by atoms with Crippen molar-refractivity contribution in [1.82, 2.24) is 4.90 Å². The predicted octanol–water partition coefficient (Wildman–Crippen LogP) is 1.87. The van der Waals surface area contributed by atoms with Gasteiger partial charge in [0.2, 0.25) is 5.75 Å². The lowest BCUT2D eigenvalue weighted by Crippen LogP contribution is -2.07. The first-order chi connectivity index (χ1) is 9.42. The summed E-state index contributed by atoms with van der Waals surface area (Å²) in [4.78, 5) is 24.2. The summed E-state index contributed by atoms with van der Waals surface area (Å²) in [7, 11) is 6.14. The summed E-state index contributed by atoms with van der Waals surface area (Å²) >= 11 is 0. The first kappa shape index (κ1) is 15.5. The third kappa shape index (κ3) is 3.25. The molecule has 20 heavy (non-hydrogen) atoms. The molecule has 1 rings (SSSR count). The summed E-state index contributed by atoms with van der Waals surface area (Å²) in [6, 6.07) is 2.81. The Morgan fingerprint density at radius 3 is 2.40 bits per heavy atom. The summed E-state index contributed by atoms with van der Waals surface area (Å²) in [5.74, 6) is -0.347. The van der Waals surface area contributed by atoms with E-state index >= 15 is 0 Å². The van der Waals surface area contributed by atoms with Crippen molar-refractivity contribution in [2.45, 2.75) is 0 Å². The lowest BCUT2D eigenvalue weighted by molar-refractivity contribution is -0.386. The Morgan fingerprint density at radius 1 is 1.30 bits per heavy atom. The smallest absolute Gasteiger partial charge is 0.325 e. The zero-order valence-corrected chi connectivity index (χ0v) is 11.7. The second-order valence-electron chi connectivity index (χ2n) is 4.10. The fourth-order valence-electron chi connectivity index (χ4n) is 1.60. The van der Waals surface area contributed by atoms with Gasteiger partial charge in [0.1, 0.15) is 5.56 Å². The van der Waals surface area contributed by atoms with Crippen LogP contribution in [0.1, 0.15) is 10.4 Å². The van der Waals surface area contributed by atoms with Crippen molar-refractivity contribution < 1.29 is 19.2 Å². The molecule has 0 amide bonds. The third-order valence-corrected chi connectivity index (χ3v) is 2.49. The summed E-state index contributed by atoms with van der Waals surface area (Å²) in [5.41, 5.74) is -0.453. The molecule has 0 bridgehead atoms. The summed E-state index contributed by atoms with van der Waals surface area (Å²) in [6.07, 6.45) is 2.77. The number of carbonyl (C=O) groups is 1. The van der Waals surface area contributed by atoms with E-state index in [4.69, 9.17) is 9.47 Å². The van der Waals surface area contributed by atoms with E-state index in [9.17, 15) is 14.9 Å². The standard InChI is InChI=1S/C13H16N2O5/c1-14(2)8-7-10(16)9-5-6-11(19-3)13(20-4)12(9)15(17)18/h5-8H,1-4H3/b8-7+. The molecule has 0 aromatic heterocycles. The highest BCUT2D eigenvalue weighted by molar-refractivity contribution is 6.08. The Morgan fingerprint density at radius 2 is 1.95 bits per heavy atom. The van der Waals surface area contributed by atoms with Crippen molar-refractivity contribution in [3.63, 3.8) is 0 Å². The van der Waals surface area contributed by atoms with Gasteiger partial charge < -0.3 is 14.4 Å². The molecule has 0 spiro atoms. The highest BCUT2D eigenvalue weighted by Crippen LogP contribution is 2.39. The number of rotatable bonds is 6. The average Bonchev–Trinajstić information content (AvgIpc) is 2.42. The molecule has 0 aliphatic carbocycles. The van der Waals surface area contributed by atoms with Gasteiger partial charge in [-0.3, -0.25) is 14.9 Å². The molecule has 0 fully saturated rings. The minimum Gasteiger partial charge on any atom is -0.493 e. The van der Waals surface area contributed by atoms with Gasteiger partial charge in [-0.05, 0) is 12.1 Å². The van der Waals surface area contributed by atoms with Crippen LogP contribution in [0.15, 0.2) is 24.4 Å². The van der Waals surface area contributed by atoms with E-state index < -0.39 is 16.4 Å². The number of methoxy groups -OCH3 is 2. The van der Waals surface area contributed by atoms with E-state index in [1.165, 1.54) is 38.6 Å². The van der Waals surface area contributed by atoms with E-state index in [1.54, 1.807) is 19.0 Å². The van der Waals surface area contributed by atoms with Crippen LogP contribution in [0, 0.1) is 10.1 Å². The highest BCUT2D eigenvalue weighted by atomic mass is 16.6. The molecule has 0 aliphatic heterocycles. The van der Waals surface area contributed by atoms with Crippen LogP contribution >= 0.6 is 0 Å². The number of nitro benzene ring substituents is 1. The Hall–Kier alpha value is -2.57. The third-order valence-electron chi connectivity index (χ3n) is 2.49. The minimum absolute atomic E-state index is 0.0502. The van der Waals surface area contributed by atoms with Gasteiger partial charge in [-0.25, -0.2) is 0 Å². The van der Waals surface area contributed by atoms with Gasteiger partial charge in [0, 0.05) is 26.4 Å². The maximum absolute atomic E-state index is 12.0. The first-order valence-corrected chi connectivity index (χ1v) is 5.70. The Labute approximate surface area is 116 Å². The van der Waals surface area contributed by atoms with E-state index in [0.717, 1.165) is 0 Å². The first-order valence-electron chi connectivity index (χ1n) is 5.70. The van der Waals surface area contributed by atoms with Crippen molar-refractivity contribution >= 4 is 11.5 Å². The fourth-order valence-corrected chi connectivity index (χ4v) is 1.60. The Kier molecular flexibility index (Phi) is 5.08. The number of hydrogen-bond donors (Lipinski definition) is 0. The molecule has 0 radical (unpaired) electrons. The number of ketones is 1. The van der Waals surface area contributed by atoms with Gasteiger partial charge >= 0.3 is 5.69 Å². The summed E-state index contributed by atoms with van der Waals surface area (Å²) in [6.45, 7) is 0. The van der Waals surface area contributed by atoms with E-state index in [1.807, 2.05) is 0 Å². The lowest BCUT2D eigenvalue weighted by atomic mass is 10.1. The molecule has 0 aliphatic rings. The van der Waals surface area contributed by atoms with Crippen LogP contribution in [-0.2, 0) is 0 Å². The van der Waals surface area contributed by atoms with Gasteiger partial charge in [0.25, 0.3) is 0 Å². The number of nitro groups is 1. The zero-order valence-electron chi connectivity index (χ0n) is 11.7. The SMILES string of the molecule is COc1ccc(C(=O)/C=C/N(C)C)c([N+](=O)[O-])c1OC. The number of benzene rings is 1. The largest absolute Gasteiger partial charge is 0.493 e. The van der Waals surface area contributed by atoms with Gasteiger partial charge in [-0.1, -0.05) is 0 Å². The van der Waals surface area contributed by atoms with Crippen molar-refractivity contribution in [2.24, 2.45) is 0 Å². The molecule has 7 nitrogen and oxygen atoms in total. The molecule has 0 atom stereocenters. The van der Waals surface area contributed by atoms with Gasteiger partial charge in [-0.15, -0.1) is 0 Å². The molecule has 0 unspecified atom stereocenters. The van der Waals surface area contributed by atoms with Gasteiger partial charge in [0.05, 0.1) is 19.1 Å². The van der Waals surface area contributed by atoms with Crippen LogP contribution in [0.5, 0.6) is 11.5 Å². The molecular weight excluding hydrogens is 264 g/mol. The van der Waals surface area contributed by atoms with Crippen LogP contribution in [-0.4, -0.2) is 43.9 Å². The predicted molar refractivity (Wildman–Crippen MR) is 73.4 cm³/mol.